The number of nitrogens with zero attached hydrogens (tertiary/aromatic N) is 6. The molecule has 5 aromatic rings. The first-order valence-electron chi connectivity index (χ1n) is 17.2. The molecule has 7 rings (SSSR count). The molecular formula is C37H31F9N8O2. The molecule has 294 valence electrons. The second kappa shape index (κ2) is 14.1. The molecule has 10 nitrogen and oxygen atoms in total. The van der Waals surface area contributed by atoms with Crippen LogP contribution in [0, 0.1) is 29.4 Å². The Balaban J connectivity index is 1.34. The summed E-state index contributed by atoms with van der Waals surface area (Å²) in [6.07, 6.45) is -6.40. The summed E-state index contributed by atoms with van der Waals surface area (Å²) in [6, 6.07) is 7.16. The lowest BCUT2D eigenvalue weighted by Crippen LogP contribution is -2.36. The highest BCUT2D eigenvalue weighted by Gasteiger charge is 2.62. The number of nitrogens with one attached hydrogen (secondary N) is 2. The molecule has 3 atom stereocenters. The van der Waals surface area contributed by atoms with Crippen molar-refractivity contribution in [2.45, 2.75) is 75.7 Å². The van der Waals surface area contributed by atoms with Crippen molar-refractivity contribution in [2.75, 3.05) is 11.9 Å². The standard InChI is InChI=1S/C37H31F9N8O2/c1-35(2,56)10-9-21-5-6-22(23-4-3-11-53-33(23)50-51-34(53)47-17-36(42,43)44)29(48-21)26(14-18-12-19(38)15-20(39)13-18)49-27(55)16-54-31-28(30(52-54)32(40)41)24-7-8-25(24)37(31,45)46/h3-6,11-13,15,24-26,32,56H,7-8,14,16-17H2,1-2H3,(H,47,51)(H,49,55)/t24-,25+,26-/m0/s1. The maximum Gasteiger partial charge on any atom is 0.405 e. The van der Waals surface area contributed by atoms with Crippen LogP contribution in [0.2, 0.25) is 0 Å². The summed E-state index contributed by atoms with van der Waals surface area (Å²) in [5.41, 5.74) is -2.91. The zero-order valence-electron chi connectivity index (χ0n) is 29.4. The fraction of sp³-hybridized carbons (Fsp3) is 0.378. The van der Waals surface area contributed by atoms with E-state index in [-0.39, 0.29) is 64.5 Å². The maximum absolute atomic E-state index is 15.6. The van der Waals surface area contributed by atoms with Crippen LogP contribution in [0.3, 0.4) is 0 Å². The molecule has 0 spiro atoms. The highest BCUT2D eigenvalue weighted by atomic mass is 19.4. The van der Waals surface area contributed by atoms with Crippen LogP contribution in [0.1, 0.15) is 79.0 Å². The number of carbonyl (C=O) groups excluding carboxylic acids is 1. The Morgan fingerprint density at radius 2 is 1.77 bits per heavy atom. The zero-order chi connectivity index (χ0) is 40.3. The summed E-state index contributed by atoms with van der Waals surface area (Å²) in [4.78, 5) is 18.5. The Hall–Kier alpha value is -5.64. The van der Waals surface area contributed by atoms with E-state index in [1.54, 1.807) is 0 Å². The van der Waals surface area contributed by atoms with Gasteiger partial charge in [-0.1, -0.05) is 5.92 Å². The number of halogens is 9. The molecule has 1 fully saturated rings. The van der Waals surface area contributed by atoms with E-state index in [1.165, 1.54) is 48.7 Å². The lowest BCUT2D eigenvalue weighted by molar-refractivity contribution is -0.123. The van der Waals surface area contributed by atoms with Gasteiger partial charge in [0.25, 0.3) is 12.3 Å². The van der Waals surface area contributed by atoms with Gasteiger partial charge in [-0.05, 0) is 86.9 Å². The first kappa shape index (κ1) is 38.6. The summed E-state index contributed by atoms with van der Waals surface area (Å²) in [6.45, 7) is 0.449. The van der Waals surface area contributed by atoms with Crippen LogP contribution >= 0.6 is 0 Å². The molecule has 1 saturated carbocycles. The molecule has 0 radical (unpaired) electrons. The number of alkyl halides is 7. The summed E-state index contributed by atoms with van der Waals surface area (Å²) in [7, 11) is 0. The Kier molecular flexibility index (Phi) is 9.75. The predicted octanol–water partition coefficient (Wildman–Crippen LogP) is 7.00. The molecule has 0 aliphatic heterocycles. The van der Waals surface area contributed by atoms with Crippen molar-refractivity contribution in [1.29, 1.82) is 0 Å². The van der Waals surface area contributed by atoms with E-state index in [4.69, 9.17) is 0 Å². The lowest BCUT2D eigenvalue weighted by atomic mass is 9.73. The first-order chi connectivity index (χ1) is 26.3. The molecule has 1 aromatic carbocycles. The second-order valence-corrected chi connectivity index (χ2v) is 14.2. The number of pyridine rings is 2. The van der Waals surface area contributed by atoms with Gasteiger partial charge in [0.15, 0.2) is 5.65 Å². The van der Waals surface area contributed by atoms with Crippen molar-refractivity contribution < 1.29 is 49.4 Å². The monoisotopic (exact) mass is 790 g/mol. The third kappa shape index (κ3) is 7.61. The fourth-order valence-electron chi connectivity index (χ4n) is 7.18. The molecule has 2 aliphatic rings. The van der Waals surface area contributed by atoms with Crippen LogP contribution in [0.15, 0.2) is 48.7 Å². The van der Waals surface area contributed by atoms with Gasteiger partial charge >= 0.3 is 6.18 Å². The van der Waals surface area contributed by atoms with Gasteiger partial charge in [-0.15, -0.1) is 10.2 Å². The minimum absolute atomic E-state index is 0.0101. The molecule has 56 heavy (non-hydrogen) atoms. The fourth-order valence-corrected chi connectivity index (χ4v) is 7.18. The van der Waals surface area contributed by atoms with Crippen molar-refractivity contribution in [3.05, 3.63) is 94.2 Å². The first-order valence-corrected chi connectivity index (χ1v) is 17.2. The Labute approximate surface area is 312 Å². The Morgan fingerprint density at radius 3 is 2.41 bits per heavy atom. The molecule has 0 bridgehead atoms. The van der Waals surface area contributed by atoms with Gasteiger partial charge in [-0.3, -0.25) is 13.9 Å². The average molecular weight is 791 g/mol. The third-order valence-corrected chi connectivity index (χ3v) is 9.56. The molecule has 0 unspecified atom stereocenters. The summed E-state index contributed by atoms with van der Waals surface area (Å²) in [5.74, 6) is -3.46. The van der Waals surface area contributed by atoms with Gasteiger partial charge in [-0.2, -0.15) is 27.1 Å². The van der Waals surface area contributed by atoms with E-state index < -0.39 is 84.0 Å². The molecule has 4 heterocycles. The van der Waals surface area contributed by atoms with Crippen LogP contribution in [0.5, 0.6) is 0 Å². The van der Waals surface area contributed by atoms with E-state index >= 15 is 8.78 Å². The van der Waals surface area contributed by atoms with Crippen molar-refractivity contribution in [2.24, 2.45) is 5.92 Å². The van der Waals surface area contributed by atoms with Gasteiger partial charge in [-0.25, -0.2) is 22.5 Å². The predicted molar refractivity (Wildman–Crippen MR) is 181 cm³/mol. The molecule has 1 amide bonds. The van der Waals surface area contributed by atoms with Crippen LogP contribution in [0.4, 0.5) is 45.5 Å². The highest BCUT2D eigenvalue weighted by Crippen LogP contribution is 2.63. The van der Waals surface area contributed by atoms with E-state index in [1.807, 2.05) is 0 Å². The number of hydrogen-bond acceptors (Lipinski definition) is 7. The van der Waals surface area contributed by atoms with Crippen LogP contribution in [0.25, 0.3) is 16.8 Å². The number of hydrogen-bond donors (Lipinski definition) is 3. The quantitative estimate of drug-likeness (QED) is 0.103. The number of aliphatic hydroxyl groups is 1. The lowest BCUT2D eigenvalue weighted by Gasteiger charge is -2.34. The summed E-state index contributed by atoms with van der Waals surface area (Å²) < 4.78 is 129. The SMILES string of the molecule is CC(C)(O)C#Cc1ccc(-c2cccn3c(NCC(F)(F)F)nnc23)c([C@H](Cc2cc(F)cc(F)c2)NC(=O)Cn2nc(C(F)F)c3c2C(F)(F)[C@@H]2CC[C@H]32)n1. The number of aromatic nitrogens is 6. The van der Waals surface area contributed by atoms with Crippen LogP contribution in [-0.4, -0.2) is 58.7 Å². The number of amides is 1. The summed E-state index contributed by atoms with van der Waals surface area (Å²) >= 11 is 0. The molecule has 4 aromatic heterocycles. The Bertz CT molecular complexity index is 2370. The smallest absolute Gasteiger partial charge is 0.378 e. The van der Waals surface area contributed by atoms with Gasteiger partial charge in [0, 0.05) is 34.9 Å². The number of fused-ring (bicyclic) bond motifs is 4. The minimum atomic E-state index is -4.59. The molecule has 0 saturated heterocycles. The average Bonchev–Trinajstić information content (AvgIpc) is 3.70. The van der Waals surface area contributed by atoms with Crippen LogP contribution < -0.4 is 10.6 Å². The van der Waals surface area contributed by atoms with Gasteiger partial charge in [0.05, 0.1) is 11.7 Å². The largest absolute Gasteiger partial charge is 0.405 e. The maximum atomic E-state index is 15.6. The van der Waals surface area contributed by atoms with Crippen molar-refractivity contribution in [3.8, 4) is 23.0 Å². The van der Waals surface area contributed by atoms with E-state index in [2.05, 4.69) is 42.8 Å². The van der Waals surface area contributed by atoms with Crippen molar-refractivity contribution in [3.63, 3.8) is 0 Å². The molecule has 3 N–H and O–H groups in total. The summed E-state index contributed by atoms with van der Waals surface area (Å²) in [5, 5.41) is 26.7. The third-order valence-electron chi connectivity index (χ3n) is 9.56. The molecular weight excluding hydrogens is 759 g/mol. The topological polar surface area (TPSA) is 122 Å². The Morgan fingerprint density at radius 1 is 1.04 bits per heavy atom. The number of anilines is 1. The number of benzene rings is 1. The van der Waals surface area contributed by atoms with Gasteiger partial charge < -0.3 is 15.7 Å². The van der Waals surface area contributed by atoms with Crippen molar-refractivity contribution in [1.82, 2.24) is 34.7 Å². The number of rotatable bonds is 10. The van der Waals surface area contributed by atoms with Crippen LogP contribution in [-0.2, 0) is 23.7 Å². The van der Waals surface area contributed by atoms with Gasteiger partial charge in [0.1, 0.15) is 47.4 Å². The minimum Gasteiger partial charge on any atom is -0.378 e. The zero-order valence-corrected chi connectivity index (χ0v) is 29.4. The number of carbonyl (C=O) groups is 1. The van der Waals surface area contributed by atoms with E-state index in [0.29, 0.717) is 10.7 Å². The normalized spacial score (nSPS) is 17.9. The molecule has 2 aliphatic carbocycles. The van der Waals surface area contributed by atoms with E-state index in [0.717, 1.165) is 12.1 Å². The van der Waals surface area contributed by atoms with Crippen molar-refractivity contribution >= 4 is 17.5 Å². The molecule has 19 heteroatoms. The highest BCUT2D eigenvalue weighted by molar-refractivity contribution is 5.81. The van der Waals surface area contributed by atoms with Gasteiger partial charge in [0.2, 0.25) is 11.9 Å². The second-order valence-electron chi connectivity index (χ2n) is 14.2. The van der Waals surface area contributed by atoms with E-state index in [9.17, 15) is 40.6 Å².